The number of hydrogen-bond donors (Lipinski definition) is 0. The first kappa shape index (κ1) is 17.9. The normalized spacial score (nSPS) is 15.4. The highest BCUT2D eigenvalue weighted by Gasteiger charge is 2.24. The Morgan fingerprint density at radius 2 is 1.81 bits per heavy atom. The van der Waals surface area contributed by atoms with E-state index in [4.69, 9.17) is 16.0 Å². The average molecular weight is 391 g/mol. The summed E-state index contributed by atoms with van der Waals surface area (Å²) in [5, 5.41) is 1.62. The number of carbonyl (C=O) groups is 1. The Hall–Kier alpha value is -2.44. The van der Waals surface area contributed by atoms with Crippen molar-refractivity contribution in [3.63, 3.8) is 0 Å². The summed E-state index contributed by atoms with van der Waals surface area (Å²) in [5.41, 5.74) is 0.689. The second-order valence-electron chi connectivity index (χ2n) is 6.59. The largest absolute Gasteiger partial charge is 0.460 e. The summed E-state index contributed by atoms with van der Waals surface area (Å²) >= 11 is 6.00. The van der Waals surface area contributed by atoms with E-state index < -0.39 is 17.5 Å². The summed E-state index contributed by atoms with van der Waals surface area (Å²) in [7, 11) is 0. The molecule has 1 aliphatic rings. The fourth-order valence-corrected chi connectivity index (χ4v) is 3.49. The third-order valence-corrected chi connectivity index (χ3v) is 4.96. The second-order valence-corrected chi connectivity index (χ2v) is 7.02. The number of furan rings is 1. The SMILES string of the molecule is O=C(c1ccc(F)cc1F)N1CCN(Cc2cc3cc(Cl)ccc3o2)CC1. The van der Waals surface area contributed by atoms with Crippen molar-refractivity contribution in [3.8, 4) is 0 Å². The van der Waals surface area contributed by atoms with Gasteiger partial charge >= 0.3 is 0 Å². The summed E-state index contributed by atoms with van der Waals surface area (Å²) in [6.45, 7) is 2.86. The predicted octanol–water partition coefficient (Wildman–Crippen LogP) is 4.32. The van der Waals surface area contributed by atoms with Crippen LogP contribution < -0.4 is 0 Å². The molecule has 1 amide bonds. The second kappa shape index (κ2) is 7.29. The van der Waals surface area contributed by atoms with Gasteiger partial charge in [-0.25, -0.2) is 8.78 Å². The predicted molar refractivity (Wildman–Crippen MR) is 98.8 cm³/mol. The van der Waals surface area contributed by atoms with Crippen LogP contribution in [0.1, 0.15) is 16.1 Å². The maximum atomic E-state index is 13.8. The molecule has 1 aromatic heterocycles. The molecule has 1 fully saturated rings. The van der Waals surface area contributed by atoms with Gasteiger partial charge in [0.2, 0.25) is 0 Å². The van der Waals surface area contributed by atoms with E-state index in [1.54, 1.807) is 11.0 Å². The van der Waals surface area contributed by atoms with Crippen molar-refractivity contribution in [2.45, 2.75) is 6.54 Å². The van der Waals surface area contributed by atoms with Crippen molar-refractivity contribution in [2.75, 3.05) is 26.2 Å². The van der Waals surface area contributed by atoms with Gasteiger partial charge in [-0.05, 0) is 36.4 Å². The zero-order chi connectivity index (χ0) is 19.0. The molecule has 0 spiro atoms. The average Bonchev–Trinajstić information content (AvgIpc) is 3.03. The molecule has 0 atom stereocenters. The Morgan fingerprint density at radius 3 is 2.56 bits per heavy atom. The molecule has 3 aromatic rings. The number of nitrogens with zero attached hydrogens (tertiary/aromatic N) is 2. The fourth-order valence-electron chi connectivity index (χ4n) is 3.31. The van der Waals surface area contributed by atoms with Crippen LogP contribution in [0.4, 0.5) is 8.78 Å². The van der Waals surface area contributed by atoms with Crippen LogP contribution in [0.3, 0.4) is 0 Å². The summed E-state index contributed by atoms with van der Waals surface area (Å²) in [4.78, 5) is 16.2. The van der Waals surface area contributed by atoms with Crippen molar-refractivity contribution < 1.29 is 18.0 Å². The topological polar surface area (TPSA) is 36.7 Å². The zero-order valence-corrected chi connectivity index (χ0v) is 15.2. The Morgan fingerprint density at radius 1 is 1.04 bits per heavy atom. The molecular weight excluding hydrogens is 374 g/mol. The van der Waals surface area contributed by atoms with Gasteiger partial charge in [0, 0.05) is 42.7 Å². The third-order valence-electron chi connectivity index (χ3n) is 4.73. The number of carbonyl (C=O) groups excluding carboxylic acids is 1. The van der Waals surface area contributed by atoms with Gasteiger partial charge < -0.3 is 9.32 Å². The fraction of sp³-hybridized carbons (Fsp3) is 0.250. The molecule has 0 aliphatic carbocycles. The number of amides is 1. The van der Waals surface area contributed by atoms with E-state index in [1.807, 2.05) is 18.2 Å². The maximum absolute atomic E-state index is 13.8. The molecular formula is C20H17ClF2N2O2. The Kier molecular flexibility index (Phi) is 4.85. The molecule has 0 N–H and O–H groups in total. The summed E-state index contributed by atoms with van der Waals surface area (Å²) in [6.07, 6.45) is 0. The number of piperazine rings is 1. The molecule has 4 nitrogen and oxygen atoms in total. The molecule has 4 rings (SSSR count). The molecule has 1 saturated heterocycles. The molecule has 0 radical (unpaired) electrons. The minimum absolute atomic E-state index is 0.0981. The first-order valence-electron chi connectivity index (χ1n) is 8.64. The molecule has 7 heteroatoms. The van der Waals surface area contributed by atoms with Crippen molar-refractivity contribution in [1.82, 2.24) is 9.80 Å². The van der Waals surface area contributed by atoms with E-state index in [0.717, 1.165) is 28.9 Å². The Bertz CT molecular complexity index is 997. The van der Waals surface area contributed by atoms with Gasteiger partial charge in [-0.1, -0.05) is 11.6 Å². The van der Waals surface area contributed by atoms with Crippen LogP contribution in [0, 0.1) is 11.6 Å². The third kappa shape index (κ3) is 3.82. The minimum Gasteiger partial charge on any atom is -0.460 e. The molecule has 2 heterocycles. The van der Waals surface area contributed by atoms with Crippen molar-refractivity contribution in [1.29, 1.82) is 0 Å². The van der Waals surface area contributed by atoms with Crippen molar-refractivity contribution in [2.24, 2.45) is 0 Å². The highest BCUT2D eigenvalue weighted by Crippen LogP contribution is 2.24. The molecule has 0 saturated carbocycles. The Labute approximate surface area is 159 Å². The maximum Gasteiger partial charge on any atom is 0.256 e. The molecule has 0 unspecified atom stereocenters. The molecule has 1 aliphatic heterocycles. The van der Waals surface area contributed by atoms with E-state index >= 15 is 0 Å². The molecule has 27 heavy (non-hydrogen) atoms. The van der Waals surface area contributed by atoms with E-state index in [0.29, 0.717) is 37.7 Å². The van der Waals surface area contributed by atoms with E-state index in [-0.39, 0.29) is 5.56 Å². The van der Waals surface area contributed by atoms with Gasteiger partial charge in [-0.3, -0.25) is 9.69 Å². The van der Waals surface area contributed by atoms with E-state index in [1.165, 1.54) is 6.07 Å². The standard InChI is InChI=1S/C20H17ClF2N2O2/c21-14-1-4-19-13(9-14)10-16(27-19)12-24-5-7-25(8-6-24)20(26)17-3-2-15(22)11-18(17)23/h1-4,9-11H,5-8,12H2. The monoisotopic (exact) mass is 390 g/mol. The van der Waals surface area contributed by atoms with Gasteiger partial charge in [0.05, 0.1) is 12.1 Å². The van der Waals surface area contributed by atoms with Gasteiger partial charge in [-0.2, -0.15) is 0 Å². The first-order chi connectivity index (χ1) is 13.0. The van der Waals surface area contributed by atoms with E-state index in [9.17, 15) is 13.6 Å². The Balaban J connectivity index is 1.38. The lowest BCUT2D eigenvalue weighted by Gasteiger charge is -2.34. The quantitative estimate of drug-likeness (QED) is 0.668. The molecule has 2 aromatic carbocycles. The van der Waals surface area contributed by atoms with Crippen LogP contribution in [0.2, 0.25) is 5.02 Å². The van der Waals surface area contributed by atoms with Crippen LogP contribution in [0.5, 0.6) is 0 Å². The lowest BCUT2D eigenvalue weighted by atomic mass is 10.1. The number of rotatable bonds is 3. The van der Waals surface area contributed by atoms with Crippen molar-refractivity contribution in [3.05, 3.63) is 70.4 Å². The molecule has 0 bridgehead atoms. The minimum atomic E-state index is -0.830. The summed E-state index contributed by atoms with van der Waals surface area (Å²) < 4.78 is 32.7. The highest BCUT2D eigenvalue weighted by atomic mass is 35.5. The number of halogens is 3. The lowest BCUT2D eigenvalue weighted by molar-refractivity contribution is 0.0616. The highest BCUT2D eigenvalue weighted by molar-refractivity contribution is 6.31. The summed E-state index contributed by atoms with van der Waals surface area (Å²) in [5.74, 6) is -1.11. The lowest BCUT2D eigenvalue weighted by Crippen LogP contribution is -2.48. The van der Waals surface area contributed by atoms with Gasteiger partial charge in [0.1, 0.15) is 23.0 Å². The van der Waals surface area contributed by atoms with Crippen LogP contribution in [-0.2, 0) is 6.54 Å². The van der Waals surface area contributed by atoms with E-state index in [2.05, 4.69) is 4.90 Å². The number of benzene rings is 2. The number of hydrogen-bond acceptors (Lipinski definition) is 3. The number of fused-ring (bicyclic) bond motifs is 1. The van der Waals surface area contributed by atoms with Crippen LogP contribution >= 0.6 is 11.6 Å². The van der Waals surface area contributed by atoms with Crippen LogP contribution in [-0.4, -0.2) is 41.9 Å². The van der Waals surface area contributed by atoms with Crippen molar-refractivity contribution >= 4 is 28.5 Å². The van der Waals surface area contributed by atoms with Crippen LogP contribution in [0.25, 0.3) is 11.0 Å². The smallest absolute Gasteiger partial charge is 0.256 e. The van der Waals surface area contributed by atoms with Gasteiger partial charge in [0.25, 0.3) is 5.91 Å². The zero-order valence-electron chi connectivity index (χ0n) is 14.4. The summed E-state index contributed by atoms with van der Waals surface area (Å²) in [6, 6.07) is 10.5. The first-order valence-corrected chi connectivity index (χ1v) is 9.02. The van der Waals surface area contributed by atoms with Gasteiger partial charge in [-0.15, -0.1) is 0 Å². The molecule has 140 valence electrons. The van der Waals surface area contributed by atoms with Gasteiger partial charge in [0.15, 0.2) is 0 Å². The van der Waals surface area contributed by atoms with Crippen LogP contribution in [0.15, 0.2) is 46.9 Å².